The fourth-order valence-electron chi connectivity index (χ4n) is 2.09. The minimum atomic E-state index is -2.83. The topological polar surface area (TPSA) is 55.4 Å². The van der Waals surface area contributed by atoms with Crippen LogP contribution in [-0.2, 0) is 14.6 Å². The Morgan fingerprint density at radius 1 is 1.25 bits per heavy atom. The summed E-state index contributed by atoms with van der Waals surface area (Å²) in [5.74, 6) is 0.235. The largest absolute Gasteiger partial charge is 0.378 e. The average molecular weight is 249 g/mol. The molecule has 0 heterocycles. The molecule has 16 heavy (non-hydrogen) atoms. The second-order valence-electron chi connectivity index (χ2n) is 4.62. The van der Waals surface area contributed by atoms with Gasteiger partial charge in [0.2, 0.25) is 0 Å². The van der Waals surface area contributed by atoms with E-state index in [1.165, 1.54) is 6.26 Å². The maximum atomic E-state index is 10.9. The zero-order valence-corrected chi connectivity index (χ0v) is 11.1. The first kappa shape index (κ1) is 13.9. The minimum Gasteiger partial charge on any atom is -0.378 e. The zero-order chi connectivity index (χ0) is 12.0. The lowest BCUT2D eigenvalue weighted by molar-refractivity contribution is 0.0237. The van der Waals surface area contributed by atoms with Gasteiger partial charge in [0.15, 0.2) is 0 Å². The molecule has 1 rings (SSSR count). The Morgan fingerprint density at radius 3 is 2.38 bits per heavy atom. The third kappa shape index (κ3) is 5.82. The Balaban J connectivity index is 2.07. The lowest BCUT2D eigenvalue weighted by atomic mass is 9.93. The summed E-state index contributed by atoms with van der Waals surface area (Å²) < 4.78 is 27.5. The highest BCUT2D eigenvalue weighted by Crippen LogP contribution is 2.20. The van der Waals surface area contributed by atoms with Crippen LogP contribution in [0.15, 0.2) is 0 Å². The van der Waals surface area contributed by atoms with Gasteiger partial charge in [-0.15, -0.1) is 0 Å². The van der Waals surface area contributed by atoms with Gasteiger partial charge >= 0.3 is 0 Å². The van der Waals surface area contributed by atoms with E-state index in [1.807, 2.05) is 7.05 Å². The first-order chi connectivity index (χ1) is 7.51. The summed E-state index contributed by atoms with van der Waals surface area (Å²) in [5.41, 5.74) is 0. The van der Waals surface area contributed by atoms with E-state index in [2.05, 4.69) is 5.32 Å². The number of nitrogens with one attached hydrogen (secondary N) is 1. The number of rotatable bonds is 6. The molecule has 1 N–H and O–H groups in total. The lowest BCUT2D eigenvalue weighted by Crippen LogP contribution is -2.33. The van der Waals surface area contributed by atoms with Crippen molar-refractivity contribution in [2.75, 3.05) is 25.7 Å². The van der Waals surface area contributed by atoms with Gasteiger partial charge in [0, 0.05) is 18.9 Å². The molecule has 0 aromatic rings. The lowest BCUT2D eigenvalue weighted by Gasteiger charge is -2.28. The molecule has 1 saturated carbocycles. The Hall–Kier alpha value is -0.130. The van der Waals surface area contributed by atoms with Crippen LogP contribution in [0.3, 0.4) is 0 Å². The van der Waals surface area contributed by atoms with Gasteiger partial charge < -0.3 is 10.1 Å². The number of ether oxygens (including phenoxy) is 1. The Morgan fingerprint density at radius 2 is 1.88 bits per heavy atom. The molecule has 1 aliphatic carbocycles. The highest BCUT2D eigenvalue weighted by atomic mass is 32.2. The molecule has 0 bridgehead atoms. The quantitative estimate of drug-likeness (QED) is 0.713. The molecule has 0 radical (unpaired) electrons. The van der Waals surface area contributed by atoms with E-state index in [9.17, 15) is 8.42 Å². The molecule has 96 valence electrons. The van der Waals surface area contributed by atoms with Gasteiger partial charge in [0.1, 0.15) is 9.84 Å². The molecule has 1 fully saturated rings. The van der Waals surface area contributed by atoms with Crippen molar-refractivity contribution in [3.63, 3.8) is 0 Å². The van der Waals surface area contributed by atoms with Crippen molar-refractivity contribution in [3.8, 4) is 0 Å². The Bertz CT molecular complexity index is 282. The van der Waals surface area contributed by atoms with E-state index in [4.69, 9.17) is 4.74 Å². The van der Waals surface area contributed by atoms with Crippen molar-refractivity contribution >= 4 is 9.84 Å². The third-order valence-electron chi connectivity index (χ3n) is 3.10. The van der Waals surface area contributed by atoms with Crippen LogP contribution >= 0.6 is 0 Å². The van der Waals surface area contributed by atoms with Crippen molar-refractivity contribution in [2.24, 2.45) is 0 Å². The van der Waals surface area contributed by atoms with Crippen LogP contribution in [0.1, 0.15) is 32.1 Å². The monoisotopic (exact) mass is 249 g/mol. The summed E-state index contributed by atoms with van der Waals surface area (Å²) in [7, 11) is -0.832. The van der Waals surface area contributed by atoms with E-state index in [1.54, 1.807) is 0 Å². The predicted molar refractivity (Wildman–Crippen MR) is 65.4 cm³/mol. The van der Waals surface area contributed by atoms with Crippen molar-refractivity contribution in [2.45, 2.75) is 44.2 Å². The molecular weight excluding hydrogens is 226 g/mol. The van der Waals surface area contributed by atoms with Crippen LogP contribution < -0.4 is 5.32 Å². The van der Waals surface area contributed by atoms with Crippen molar-refractivity contribution in [1.82, 2.24) is 5.32 Å². The first-order valence-corrected chi connectivity index (χ1v) is 8.04. The molecule has 0 unspecified atom stereocenters. The average Bonchev–Trinajstić information content (AvgIpc) is 2.24. The van der Waals surface area contributed by atoms with Crippen LogP contribution in [0.25, 0.3) is 0 Å². The van der Waals surface area contributed by atoms with E-state index in [-0.39, 0.29) is 5.75 Å². The first-order valence-electron chi connectivity index (χ1n) is 5.98. The zero-order valence-electron chi connectivity index (χ0n) is 10.2. The van der Waals surface area contributed by atoms with Crippen LogP contribution in [-0.4, -0.2) is 46.2 Å². The second-order valence-corrected chi connectivity index (χ2v) is 6.88. The molecule has 1 aliphatic rings. The van der Waals surface area contributed by atoms with E-state index in [0.717, 1.165) is 25.7 Å². The van der Waals surface area contributed by atoms with E-state index in [0.29, 0.717) is 25.2 Å². The summed E-state index contributed by atoms with van der Waals surface area (Å²) in [4.78, 5) is 0. The molecule has 5 heteroatoms. The van der Waals surface area contributed by atoms with Gasteiger partial charge in [0.25, 0.3) is 0 Å². The third-order valence-corrected chi connectivity index (χ3v) is 4.13. The molecule has 0 saturated heterocycles. The Kier molecular flexibility index (Phi) is 5.72. The van der Waals surface area contributed by atoms with Crippen LogP contribution in [0, 0.1) is 0 Å². The molecule has 0 atom stereocenters. The maximum Gasteiger partial charge on any atom is 0.147 e. The predicted octanol–water partition coefficient (Wildman–Crippen LogP) is 0.968. The normalized spacial score (nSPS) is 26.9. The van der Waals surface area contributed by atoms with Gasteiger partial charge in [0.05, 0.1) is 11.9 Å². The minimum absolute atomic E-state index is 0.235. The second kappa shape index (κ2) is 6.57. The maximum absolute atomic E-state index is 10.9. The van der Waals surface area contributed by atoms with Crippen LogP contribution in [0.4, 0.5) is 0 Å². The fraction of sp³-hybridized carbons (Fsp3) is 1.00. The van der Waals surface area contributed by atoms with E-state index >= 15 is 0 Å². The summed E-state index contributed by atoms with van der Waals surface area (Å²) in [6, 6.07) is 0.635. The molecule has 0 aromatic carbocycles. The highest BCUT2D eigenvalue weighted by Gasteiger charge is 2.20. The van der Waals surface area contributed by atoms with Crippen molar-refractivity contribution < 1.29 is 13.2 Å². The fourth-order valence-corrected chi connectivity index (χ4v) is 2.73. The van der Waals surface area contributed by atoms with Crippen molar-refractivity contribution in [3.05, 3.63) is 0 Å². The summed E-state index contributed by atoms with van der Waals surface area (Å²) in [5, 5.41) is 3.28. The molecule has 4 nitrogen and oxygen atoms in total. The number of sulfone groups is 1. The molecule has 0 aromatic heterocycles. The van der Waals surface area contributed by atoms with Crippen LogP contribution in [0.2, 0.25) is 0 Å². The summed E-state index contributed by atoms with van der Waals surface area (Å²) in [6.07, 6.45) is 6.72. The SMILES string of the molecule is CNC1CCC(OCCCS(C)(=O)=O)CC1. The van der Waals surface area contributed by atoms with Crippen LogP contribution in [0.5, 0.6) is 0 Å². The summed E-state index contributed by atoms with van der Waals surface area (Å²) >= 11 is 0. The molecular formula is C11H23NO3S. The van der Waals surface area contributed by atoms with Gasteiger partial charge in [-0.1, -0.05) is 0 Å². The number of hydrogen-bond donors (Lipinski definition) is 1. The van der Waals surface area contributed by atoms with Gasteiger partial charge in [-0.2, -0.15) is 0 Å². The summed E-state index contributed by atoms with van der Waals surface area (Å²) in [6.45, 7) is 0.571. The van der Waals surface area contributed by atoms with Crippen molar-refractivity contribution in [1.29, 1.82) is 0 Å². The number of hydrogen-bond acceptors (Lipinski definition) is 4. The molecule has 0 amide bonds. The van der Waals surface area contributed by atoms with E-state index < -0.39 is 9.84 Å². The van der Waals surface area contributed by atoms with Gasteiger partial charge in [-0.25, -0.2) is 8.42 Å². The Labute approximate surface area is 98.7 Å². The molecule has 0 aliphatic heterocycles. The smallest absolute Gasteiger partial charge is 0.147 e. The van der Waals surface area contributed by atoms with Gasteiger partial charge in [-0.05, 0) is 39.2 Å². The van der Waals surface area contributed by atoms with Gasteiger partial charge in [-0.3, -0.25) is 0 Å². The highest BCUT2D eigenvalue weighted by molar-refractivity contribution is 7.90. The standard InChI is InChI=1S/C11H23NO3S/c1-12-10-4-6-11(7-5-10)15-8-3-9-16(2,13)14/h10-12H,3-9H2,1-2H3. The molecule has 0 spiro atoms.